The van der Waals surface area contributed by atoms with Crippen LogP contribution in [0.4, 0.5) is 34.1 Å². The molecule has 7 aromatic carbocycles. The molecule has 5 nitrogen and oxygen atoms in total. The Morgan fingerprint density at radius 2 is 0.721 bits per heavy atom. The third-order valence-corrected chi connectivity index (χ3v) is 18.0. The van der Waals surface area contributed by atoms with Gasteiger partial charge in [-0.1, -0.05) is 0 Å². The summed E-state index contributed by atoms with van der Waals surface area (Å²) < 4.78 is 13.5. The van der Waals surface area contributed by atoms with Crippen molar-refractivity contribution < 1.29 is 14.4 Å². The van der Waals surface area contributed by atoms with Gasteiger partial charge >= 0.3 is 366 Å². The van der Waals surface area contributed by atoms with Gasteiger partial charge in [0.2, 0.25) is 0 Å². The molecule has 4 heterocycles. The van der Waals surface area contributed by atoms with E-state index in [2.05, 4.69) is 180 Å². The molecule has 0 unspecified atom stereocenters. The standard InChI is InChI=1S/C53H41N2O3PS2/c56-59(46-24-14-5-15-25-46)47-36-49(38-26-30-44(31-27-38)54(40-16-6-1-7-17-40)41-18-8-2-9-19-41)60-51(47)53(57-34-35-58-53)52-48(59)37-50(61-52)39-28-32-45(33-29-39)55(42-20-10-3-11-21-42)43-22-12-4-13-23-43/h1-33,36-37,56,59H,34-35H2. The number of hydrogen-bond donors (Lipinski definition) is 1. The van der Waals surface area contributed by atoms with Crippen LogP contribution in [-0.4, -0.2) is 18.1 Å². The Morgan fingerprint density at radius 1 is 0.410 bits per heavy atom. The van der Waals surface area contributed by atoms with E-state index in [0.29, 0.717) is 13.2 Å². The van der Waals surface area contributed by atoms with Gasteiger partial charge in [-0.3, -0.25) is 0 Å². The summed E-state index contributed by atoms with van der Waals surface area (Å²) >= 11 is 3.34. The summed E-state index contributed by atoms with van der Waals surface area (Å²) in [6, 6.07) is 73.9. The van der Waals surface area contributed by atoms with E-state index in [0.717, 1.165) is 80.7 Å². The molecule has 2 aliphatic heterocycles. The second-order valence-corrected chi connectivity index (χ2v) is 20.4. The second-order valence-electron chi connectivity index (χ2n) is 15.2. The van der Waals surface area contributed by atoms with Gasteiger partial charge in [-0.15, -0.1) is 0 Å². The molecule has 0 radical (unpaired) electrons. The molecule has 0 amide bonds. The van der Waals surface area contributed by atoms with Crippen molar-refractivity contribution in [3.63, 3.8) is 0 Å². The van der Waals surface area contributed by atoms with Crippen molar-refractivity contribution in [2.75, 3.05) is 23.0 Å². The first kappa shape index (κ1) is 37.8. The molecule has 0 saturated carbocycles. The Morgan fingerprint density at radius 3 is 1.07 bits per heavy atom. The molecule has 1 spiro atoms. The summed E-state index contributed by atoms with van der Waals surface area (Å²) in [6.07, 6.45) is 0. The van der Waals surface area contributed by atoms with Crippen molar-refractivity contribution in [2.24, 2.45) is 0 Å². The average Bonchev–Trinajstić information content (AvgIpc) is 4.12. The van der Waals surface area contributed by atoms with Gasteiger partial charge < -0.3 is 0 Å². The number of para-hydroxylation sites is 4. The van der Waals surface area contributed by atoms with Crippen LogP contribution in [0.1, 0.15) is 9.75 Å². The molecule has 0 bridgehead atoms. The fourth-order valence-electron chi connectivity index (χ4n) is 8.76. The first-order chi connectivity index (χ1) is 30.1. The van der Waals surface area contributed by atoms with Gasteiger partial charge in [0.1, 0.15) is 0 Å². The van der Waals surface area contributed by atoms with Gasteiger partial charge in [-0.25, -0.2) is 0 Å². The predicted octanol–water partition coefficient (Wildman–Crippen LogP) is 12.6. The van der Waals surface area contributed by atoms with Crippen LogP contribution < -0.4 is 25.7 Å². The van der Waals surface area contributed by atoms with E-state index in [1.807, 2.05) is 42.5 Å². The van der Waals surface area contributed by atoms with E-state index in [1.165, 1.54) is 0 Å². The molecule has 9 aromatic rings. The fraction of sp³-hybridized carbons (Fsp3) is 0.0566. The van der Waals surface area contributed by atoms with Crippen molar-refractivity contribution in [1.29, 1.82) is 0 Å². The van der Waals surface area contributed by atoms with Gasteiger partial charge in [-0.2, -0.15) is 0 Å². The molecular weight excluding hydrogens is 808 g/mol. The van der Waals surface area contributed by atoms with Crippen LogP contribution in [0.15, 0.2) is 212 Å². The summed E-state index contributed by atoms with van der Waals surface area (Å²) in [4.78, 5) is 22.1. The third kappa shape index (κ3) is 6.53. The summed E-state index contributed by atoms with van der Waals surface area (Å²) in [5.41, 5.74) is 8.63. The molecule has 0 atom stereocenters. The van der Waals surface area contributed by atoms with Crippen LogP contribution >= 0.6 is 30.2 Å². The van der Waals surface area contributed by atoms with E-state index in [-0.39, 0.29) is 0 Å². The maximum atomic E-state index is 13.6. The van der Waals surface area contributed by atoms with Crippen molar-refractivity contribution in [1.82, 2.24) is 0 Å². The zero-order chi connectivity index (χ0) is 40.8. The van der Waals surface area contributed by atoms with E-state index >= 15 is 0 Å². The molecule has 1 N–H and O–H groups in total. The van der Waals surface area contributed by atoms with Crippen LogP contribution in [0, 0.1) is 0 Å². The quantitative estimate of drug-likeness (QED) is 0.147. The predicted molar refractivity (Wildman–Crippen MR) is 257 cm³/mol. The summed E-state index contributed by atoms with van der Waals surface area (Å²) in [5, 5.41) is 2.79. The minimum atomic E-state index is -3.56. The molecule has 1 fully saturated rings. The summed E-state index contributed by atoms with van der Waals surface area (Å²) in [6.45, 7) is 0.940. The average molecular weight is 849 g/mol. The Kier molecular flexibility index (Phi) is 9.74. The number of fused-ring (bicyclic) bond motifs is 4. The molecule has 61 heavy (non-hydrogen) atoms. The van der Waals surface area contributed by atoms with Crippen LogP contribution in [0.2, 0.25) is 0 Å². The number of thiophene rings is 2. The summed E-state index contributed by atoms with van der Waals surface area (Å²) in [5.74, 6) is -1.10. The van der Waals surface area contributed by atoms with E-state index in [1.54, 1.807) is 22.7 Å². The molecule has 298 valence electrons. The first-order valence-corrected chi connectivity index (χ1v) is 24.0. The van der Waals surface area contributed by atoms with E-state index < -0.39 is 13.3 Å². The second kappa shape index (κ2) is 15.7. The van der Waals surface area contributed by atoms with Crippen molar-refractivity contribution in [2.45, 2.75) is 5.79 Å². The number of ether oxygens (including phenoxy) is 2. The first-order valence-electron chi connectivity index (χ1n) is 20.5. The van der Waals surface area contributed by atoms with Gasteiger partial charge in [0.15, 0.2) is 0 Å². The van der Waals surface area contributed by atoms with E-state index in [9.17, 15) is 4.89 Å². The zero-order valence-corrected chi connectivity index (χ0v) is 35.7. The van der Waals surface area contributed by atoms with Gasteiger partial charge in [-0.05, 0) is 0 Å². The Bertz CT molecular complexity index is 2670. The number of hydrogen-bond acceptors (Lipinski definition) is 7. The SMILES string of the molecule is O[PH]1(c2ccccc2)c2cc(-c3ccc(N(c4ccccc4)c4ccccc4)cc3)sc2C2(OCCO2)c2sc(-c3ccc(N(c4ccccc4)c4ccccc4)cc3)cc21. The third-order valence-electron chi connectivity index (χ3n) is 11.6. The van der Waals surface area contributed by atoms with Crippen LogP contribution in [0.5, 0.6) is 0 Å². The van der Waals surface area contributed by atoms with Crippen molar-refractivity contribution in [3.05, 3.63) is 222 Å². The monoisotopic (exact) mass is 848 g/mol. The molecule has 2 aliphatic rings. The van der Waals surface area contributed by atoms with Gasteiger partial charge in [0, 0.05) is 0 Å². The van der Waals surface area contributed by atoms with Gasteiger partial charge in [0.05, 0.1) is 0 Å². The minimum absolute atomic E-state index is 0.470. The number of benzene rings is 7. The van der Waals surface area contributed by atoms with Crippen molar-refractivity contribution in [3.8, 4) is 20.9 Å². The number of rotatable bonds is 9. The van der Waals surface area contributed by atoms with Crippen LogP contribution in [0.3, 0.4) is 0 Å². The topological polar surface area (TPSA) is 45.2 Å². The normalized spacial score (nSPS) is 15.2. The molecule has 0 aliphatic carbocycles. The number of anilines is 6. The molecule has 2 aromatic heterocycles. The Labute approximate surface area is 364 Å². The van der Waals surface area contributed by atoms with Crippen molar-refractivity contribution >= 4 is 80.2 Å². The van der Waals surface area contributed by atoms with E-state index in [4.69, 9.17) is 9.47 Å². The van der Waals surface area contributed by atoms with Crippen LogP contribution in [-0.2, 0) is 15.3 Å². The fourth-order valence-corrected chi connectivity index (χ4v) is 15.9. The Hall–Kier alpha value is -6.15. The molecule has 11 rings (SSSR count). The van der Waals surface area contributed by atoms with Gasteiger partial charge in [0.25, 0.3) is 0 Å². The molecule has 8 heteroatoms. The molecule has 1 saturated heterocycles. The maximum absolute atomic E-state index is 13.6. The Balaban J connectivity index is 1.00. The number of nitrogens with zero attached hydrogens (tertiary/aromatic N) is 2. The van der Waals surface area contributed by atoms with Crippen LogP contribution in [0.25, 0.3) is 20.9 Å². The zero-order valence-electron chi connectivity index (χ0n) is 33.1. The summed E-state index contributed by atoms with van der Waals surface area (Å²) in [7, 11) is -3.56. The molecular formula is C53H41N2O3PS2.